The van der Waals surface area contributed by atoms with E-state index in [0.29, 0.717) is 5.56 Å². The van der Waals surface area contributed by atoms with Crippen molar-refractivity contribution >= 4 is 11.0 Å². The molecule has 1 fully saturated rings. The minimum Gasteiger partial charge on any atom is -0.504 e. The fourth-order valence-electron chi connectivity index (χ4n) is 3.70. The predicted octanol–water partition coefficient (Wildman–Crippen LogP) is 0.361. The Morgan fingerprint density at radius 2 is 1.71 bits per heavy atom. The van der Waals surface area contributed by atoms with E-state index in [1.165, 1.54) is 44.6 Å². The molecule has 5 atom stereocenters. The number of rotatable bonds is 6. The lowest BCUT2D eigenvalue weighted by Crippen LogP contribution is -2.60. The molecule has 5 N–H and O–H groups in total. The highest BCUT2D eigenvalue weighted by Crippen LogP contribution is 2.36. The van der Waals surface area contributed by atoms with Crippen LogP contribution in [0.25, 0.3) is 22.3 Å². The van der Waals surface area contributed by atoms with E-state index < -0.39 is 42.7 Å². The Morgan fingerprint density at radius 3 is 2.38 bits per heavy atom. The maximum atomic E-state index is 13.1. The molecule has 0 amide bonds. The highest BCUT2D eigenvalue weighted by atomic mass is 16.7. The molecule has 2 aromatic carbocycles. The van der Waals surface area contributed by atoms with Crippen molar-refractivity contribution in [1.29, 1.82) is 0 Å². The van der Waals surface area contributed by atoms with E-state index in [-0.39, 0.29) is 39.7 Å². The molecule has 2 heterocycles. The van der Waals surface area contributed by atoms with Crippen LogP contribution in [0.2, 0.25) is 0 Å². The summed E-state index contributed by atoms with van der Waals surface area (Å²) < 4.78 is 27.4. The van der Waals surface area contributed by atoms with Gasteiger partial charge in [0.25, 0.3) is 0 Å². The first-order valence-corrected chi connectivity index (χ1v) is 10.3. The molecule has 0 radical (unpaired) electrons. The highest BCUT2D eigenvalue weighted by Gasteiger charge is 2.45. The summed E-state index contributed by atoms with van der Waals surface area (Å²) in [6.07, 6.45) is -7.58. The van der Waals surface area contributed by atoms with E-state index in [4.69, 9.17) is 23.4 Å². The largest absolute Gasteiger partial charge is 0.504 e. The van der Waals surface area contributed by atoms with Gasteiger partial charge in [0.2, 0.25) is 6.29 Å². The molecule has 182 valence electrons. The molecule has 34 heavy (non-hydrogen) atoms. The van der Waals surface area contributed by atoms with Crippen molar-refractivity contribution < 1.29 is 48.9 Å². The Morgan fingerprint density at radius 1 is 0.941 bits per heavy atom. The Balaban J connectivity index is 1.79. The van der Waals surface area contributed by atoms with Crippen LogP contribution in [0.1, 0.15) is 0 Å². The van der Waals surface area contributed by atoms with Gasteiger partial charge >= 0.3 is 0 Å². The molecule has 0 saturated carbocycles. The van der Waals surface area contributed by atoms with Gasteiger partial charge in [-0.2, -0.15) is 0 Å². The molecule has 1 aliphatic rings. The normalized spacial score (nSPS) is 24.7. The van der Waals surface area contributed by atoms with Gasteiger partial charge in [-0.05, 0) is 18.2 Å². The standard InChI is InChI=1S/C23H24O11/c1-30-11-6-16-19(13(26)8-14(32-16)10-3-4-12(25)15(5-10)31-2)17(7-11)33-23-22(29)21(28)20(27)18(9-24)34-23/h3-8,18,20-25,27-29H,9H2,1-2H3. The number of phenols is 1. The lowest BCUT2D eigenvalue weighted by molar-refractivity contribution is -0.277. The maximum Gasteiger partial charge on any atom is 0.229 e. The average Bonchev–Trinajstić information content (AvgIpc) is 2.84. The van der Waals surface area contributed by atoms with Crippen LogP contribution < -0.4 is 19.6 Å². The lowest BCUT2D eigenvalue weighted by Gasteiger charge is -2.39. The molecule has 11 heteroatoms. The van der Waals surface area contributed by atoms with Crippen LogP contribution >= 0.6 is 0 Å². The van der Waals surface area contributed by atoms with Crippen LogP contribution in [-0.2, 0) is 4.74 Å². The molecule has 0 bridgehead atoms. The van der Waals surface area contributed by atoms with Crippen molar-refractivity contribution in [3.05, 3.63) is 46.6 Å². The van der Waals surface area contributed by atoms with Gasteiger partial charge in [0, 0.05) is 23.8 Å². The van der Waals surface area contributed by atoms with Crippen molar-refractivity contribution in [3.8, 4) is 34.3 Å². The van der Waals surface area contributed by atoms with Gasteiger partial charge in [-0.1, -0.05) is 0 Å². The molecule has 5 unspecified atom stereocenters. The molecular weight excluding hydrogens is 452 g/mol. The third-order valence-electron chi connectivity index (χ3n) is 5.56. The van der Waals surface area contributed by atoms with Crippen LogP contribution in [0.15, 0.2) is 45.6 Å². The summed E-state index contributed by atoms with van der Waals surface area (Å²) in [6, 6.07) is 8.53. The van der Waals surface area contributed by atoms with Gasteiger partial charge < -0.3 is 48.9 Å². The number of hydrogen-bond donors (Lipinski definition) is 5. The summed E-state index contributed by atoms with van der Waals surface area (Å²) in [5, 5.41) is 49.6. The first-order chi connectivity index (χ1) is 16.3. The smallest absolute Gasteiger partial charge is 0.229 e. The third kappa shape index (κ3) is 4.27. The summed E-state index contributed by atoms with van der Waals surface area (Å²) in [5.41, 5.74) is 0.0619. The molecule has 0 aliphatic carbocycles. The van der Waals surface area contributed by atoms with E-state index in [2.05, 4.69) is 0 Å². The Labute approximate surface area is 192 Å². The van der Waals surface area contributed by atoms with Crippen molar-refractivity contribution in [2.75, 3.05) is 20.8 Å². The summed E-state index contributed by atoms with van der Waals surface area (Å²) in [4.78, 5) is 13.1. The number of fused-ring (bicyclic) bond motifs is 1. The van der Waals surface area contributed by atoms with E-state index in [0.717, 1.165) is 0 Å². The summed E-state index contributed by atoms with van der Waals surface area (Å²) >= 11 is 0. The number of phenolic OH excluding ortho intramolecular Hbond substituents is 1. The molecule has 1 aromatic heterocycles. The fourth-order valence-corrected chi connectivity index (χ4v) is 3.70. The number of aromatic hydroxyl groups is 1. The average molecular weight is 476 g/mol. The second-order valence-electron chi connectivity index (χ2n) is 7.68. The number of methoxy groups -OCH3 is 2. The SMILES string of the molecule is COc1cc(OC2OC(CO)C(O)C(O)C2O)c2c(=O)cc(-c3ccc(O)c(OC)c3)oc2c1. The number of aliphatic hydroxyl groups excluding tert-OH is 4. The topological polar surface area (TPSA) is 168 Å². The molecule has 1 saturated heterocycles. The lowest BCUT2D eigenvalue weighted by atomic mass is 9.99. The van der Waals surface area contributed by atoms with Gasteiger partial charge in [-0.25, -0.2) is 0 Å². The zero-order chi connectivity index (χ0) is 24.6. The van der Waals surface area contributed by atoms with Gasteiger partial charge in [0.05, 0.1) is 20.8 Å². The summed E-state index contributed by atoms with van der Waals surface area (Å²) in [6.45, 7) is -0.634. The first kappa shape index (κ1) is 23.8. The number of benzene rings is 2. The molecule has 11 nitrogen and oxygen atoms in total. The van der Waals surface area contributed by atoms with Crippen molar-refractivity contribution in [2.45, 2.75) is 30.7 Å². The Kier molecular flexibility index (Phi) is 6.64. The van der Waals surface area contributed by atoms with Crippen LogP contribution in [0.5, 0.6) is 23.0 Å². The Hall–Kier alpha value is -3.35. The molecule has 3 aromatic rings. The molecule has 0 spiro atoms. The quantitative estimate of drug-likeness (QED) is 0.333. The molecular formula is C23H24O11. The van der Waals surface area contributed by atoms with Crippen LogP contribution in [0.4, 0.5) is 0 Å². The summed E-state index contributed by atoms with van der Waals surface area (Å²) in [7, 11) is 2.79. The maximum absolute atomic E-state index is 13.1. The third-order valence-corrected chi connectivity index (χ3v) is 5.56. The Bertz CT molecular complexity index is 1240. The second-order valence-corrected chi connectivity index (χ2v) is 7.68. The van der Waals surface area contributed by atoms with Gasteiger partial charge in [0.1, 0.15) is 52.6 Å². The van der Waals surface area contributed by atoms with Crippen LogP contribution in [-0.4, -0.2) is 77.1 Å². The highest BCUT2D eigenvalue weighted by molar-refractivity contribution is 5.86. The number of aliphatic hydroxyl groups is 4. The van der Waals surface area contributed by atoms with E-state index in [1.807, 2.05) is 0 Å². The minimum absolute atomic E-state index is 0.00672. The van der Waals surface area contributed by atoms with E-state index in [9.17, 15) is 30.3 Å². The monoisotopic (exact) mass is 476 g/mol. The van der Waals surface area contributed by atoms with E-state index in [1.54, 1.807) is 6.07 Å². The number of hydrogen-bond acceptors (Lipinski definition) is 11. The zero-order valence-corrected chi connectivity index (χ0v) is 18.2. The molecule has 4 rings (SSSR count). The van der Waals surface area contributed by atoms with Crippen molar-refractivity contribution in [3.63, 3.8) is 0 Å². The first-order valence-electron chi connectivity index (χ1n) is 10.3. The van der Waals surface area contributed by atoms with Crippen molar-refractivity contribution in [1.82, 2.24) is 0 Å². The summed E-state index contributed by atoms with van der Waals surface area (Å²) in [5.74, 6) is 0.490. The second kappa shape index (κ2) is 9.49. The van der Waals surface area contributed by atoms with Gasteiger partial charge in [-0.15, -0.1) is 0 Å². The van der Waals surface area contributed by atoms with Gasteiger partial charge in [-0.3, -0.25) is 4.79 Å². The fraction of sp³-hybridized carbons (Fsp3) is 0.348. The minimum atomic E-state index is -1.67. The van der Waals surface area contributed by atoms with Crippen LogP contribution in [0.3, 0.4) is 0 Å². The predicted molar refractivity (Wildman–Crippen MR) is 117 cm³/mol. The number of ether oxygens (including phenoxy) is 4. The van der Waals surface area contributed by atoms with Crippen molar-refractivity contribution in [2.24, 2.45) is 0 Å². The van der Waals surface area contributed by atoms with Crippen LogP contribution in [0, 0.1) is 0 Å². The zero-order valence-electron chi connectivity index (χ0n) is 18.2. The molecule has 1 aliphatic heterocycles. The van der Waals surface area contributed by atoms with Gasteiger partial charge in [0.15, 0.2) is 16.9 Å². The van der Waals surface area contributed by atoms with E-state index >= 15 is 0 Å².